The predicted octanol–water partition coefficient (Wildman–Crippen LogP) is 3.21. The van der Waals surface area contributed by atoms with Crippen LogP contribution in [-0.4, -0.2) is 16.0 Å². The molecule has 0 aliphatic heterocycles. The van der Waals surface area contributed by atoms with E-state index < -0.39 is 0 Å². The Morgan fingerprint density at radius 3 is 2.43 bits per heavy atom. The number of carbonyl (C=O) groups excluding carboxylic acids is 1. The van der Waals surface area contributed by atoms with Gasteiger partial charge in [-0.15, -0.1) is 0 Å². The molecule has 3 aromatic rings. The highest BCUT2D eigenvalue weighted by molar-refractivity contribution is 5.96. The van der Waals surface area contributed by atoms with Gasteiger partial charge in [0.2, 0.25) is 0 Å². The van der Waals surface area contributed by atoms with E-state index in [1.807, 2.05) is 48.5 Å². The van der Waals surface area contributed by atoms with E-state index in [2.05, 4.69) is 15.5 Å². The summed E-state index contributed by atoms with van der Waals surface area (Å²) in [7, 11) is 0. The van der Waals surface area contributed by atoms with Crippen molar-refractivity contribution in [3.05, 3.63) is 83.0 Å². The molecular formula is C18H17N3O2. The van der Waals surface area contributed by atoms with Crippen molar-refractivity contribution in [2.45, 2.75) is 19.9 Å². The lowest BCUT2D eigenvalue weighted by molar-refractivity contribution is 0.0940. The molecule has 0 saturated carbocycles. The molecule has 3 rings (SSSR count). The molecule has 0 radical (unpaired) electrons. The monoisotopic (exact) mass is 307 g/mol. The van der Waals surface area contributed by atoms with Gasteiger partial charge >= 0.3 is 0 Å². The summed E-state index contributed by atoms with van der Waals surface area (Å²) in [5.41, 5.74) is 2.79. The van der Waals surface area contributed by atoms with Crippen molar-refractivity contribution >= 4 is 5.91 Å². The summed E-state index contributed by atoms with van der Waals surface area (Å²) in [5.74, 6) is 0.286. The smallest absolute Gasteiger partial charge is 0.257 e. The lowest BCUT2D eigenvalue weighted by Gasteiger charge is -2.18. The Balaban J connectivity index is 1.95. The lowest BCUT2D eigenvalue weighted by atomic mass is 10.0. The van der Waals surface area contributed by atoms with Crippen molar-refractivity contribution in [2.24, 2.45) is 0 Å². The first-order valence-electron chi connectivity index (χ1n) is 7.36. The van der Waals surface area contributed by atoms with Gasteiger partial charge in [0, 0.05) is 6.20 Å². The standard InChI is InChI=1S/C18H17N3O2/c1-12-16(13(2)23-21-12)18(22)20-17(14-8-4-3-5-9-14)15-10-6-7-11-19-15/h3-11,17H,1-2H3,(H,20,22)/t17-/m1/s1. The second kappa shape index (κ2) is 6.44. The van der Waals surface area contributed by atoms with Crippen LogP contribution in [0.4, 0.5) is 0 Å². The van der Waals surface area contributed by atoms with E-state index in [9.17, 15) is 4.79 Å². The van der Waals surface area contributed by atoms with Crippen molar-refractivity contribution in [1.29, 1.82) is 0 Å². The van der Waals surface area contributed by atoms with Crippen LogP contribution in [0.3, 0.4) is 0 Å². The molecule has 1 aromatic carbocycles. The van der Waals surface area contributed by atoms with E-state index in [0.717, 1.165) is 11.3 Å². The van der Waals surface area contributed by atoms with Crippen LogP contribution in [-0.2, 0) is 0 Å². The zero-order valence-corrected chi connectivity index (χ0v) is 13.0. The molecule has 23 heavy (non-hydrogen) atoms. The Kier molecular flexibility index (Phi) is 4.19. The van der Waals surface area contributed by atoms with Crippen LogP contribution >= 0.6 is 0 Å². The summed E-state index contributed by atoms with van der Waals surface area (Å²) in [6.07, 6.45) is 1.72. The quantitative estimate of drug-likeness (QED) is 0.803. The summed E-state index contributed by atoms with van der Waals surface area (Å²) < 4.78 is 5.08. The van der Waals surface area contributed by atoms with Crippen molar-refractivity contribution in [3.8, 4) is 0 Å². The number of aryl methyl sites for hydroxylation is 2. The van der Waals surface area contributed by atoms with Crippen LogP contribution in [0.2, 0.25) is 0 Å². The van der Waals surface area contributed by atoms with Gasteiger partial charge in [0.1, 0.15) is 11.3 Å². The third kappa shape index (κ3) is 3.13. The zero-order valence-electron chi connectivity index (χ0n) is 13.0. The fourth-order valence-electron chi connectivity index (χ4n) is 2.53. The van der Waals surface area contributed by atoms with Gasteiger partial charge in [-0.2, -0.15) is 0 Å². The van der Waals surface area contributed by atoms with Gasteiger partial charge in [-0.3, -0.25) is 9.78 Å². The van der Waals surface area contributed by atoms with Crippen LogP contribution in [0.1, 0.15) is 39.1 Å². The van der Waals surface area contributed by atoms with Crippen molar-refractivity contribution in [3.63, 3.8) is 0 Å². The van der Waals surface area contributed by atoms with Crippen LogP contribution < -0.4 is 5.32 Å². The average Bonchev–Trinajstić information content (AvgIpc) is 2.93. The maximum absolute atomic E-state index is 12.7. The summed E-state index contributed by atoms with van der Waals surface area (Å²) in [5, 5.41) is 6.87. The number of amides is 1. The number of carbonyl (C=O) groups is 1. The number of pyridine rings is 1. The normalized spacial score (nSPS) is 11.9. The van der Waals surface area contributed by atoms with Gasteiger partial charge in [-0.1, -0.05) is 41.6 Å². The summed E-state index contributed by atoms with van der Waals surface area (Å²) in [6.45, 7) is 3.48. The number of aromatic nitrogens is 2. The molecule has 5 nitrogen and oxygen atoms in total. The van der Waals surface area contributed by atoms with Gasteiger partial charge in [0.05, 0.1) is 17.4 Å². The first-order chi connectivity index (χ1) is 11.2. The highest BCUT2D eigenvalue weighted by Gasteiger charge is 2.23. The molecule has 0 aliphatic carbocycles. The summed E-state index contributed by atoms with van der Waals surface area (Å²) in [4.78, 5) is 17.0. The molecule has 2 aromatic heterocycles. The number of rotatable bonds is 4. The molecule has 0 aliphatic rings. The minimum Gasteiger partial charge on any atom is -0.361 e. The average molecular weight is 307 g/mol. The third-order valence-electron chi connectivity index (χ3n) is 3.65. The predicted molar refractivity (Wildman–Crippen MR) is 86.0 cm³/mol. The molecule has 0 fully saturated rings. The molecule has 0 bridgehead atoms. The van der Waals surface area contributed by atoms with E-state index in [0.29, 0.717) is 17.0 Å². The molecule has 0 unspecified atom stereocenters. The topological polar surface area (TPSA) is 68.0 Å². The Hall–Kier alpha value is -2.95. The lowest BCUT2D eigenvalue weighted by Crippen LogP contribution is -2.30. The highest BCUT2D eigenvalue weighted by atomic mass is 16.5. The van der Waals surface area contributed by atoms with Crippen molar-refractivity contribution < 1.29 is 9.32 Å². The Bertz CT molecular complexity index is 739. The molecule has 1 amide bonds. The SMILES string of the molecule is Cc1noc(C)c1C(=O)N[C@H](c1ccccc1)c1ccccn1. The van der Waals surface area contributed by atoms with E-state index >= 15 is 0 Å². The van der Waals surface area contributed by atoms with E-state index in [4.69, 9.17) is 4.52 Å². The molecule has 116 valence electrons. The van der Waals surface area contributed by atoms with E-state index in [1.54, 1.807) is 20.0 Å². The third-order valence-corrected chi connectivity index (χ3v) is 3.65. The van der Waals surface area contributed by atoms with Gasteiger partial charge in [-0.05, 0) is 31.5 Å². The van der Waals surface area contributed by atoms with Gasteiger partial charge in [0.15, 0.2) is 0 Å². The van der Waals surface area contributed by atoms with Gasteiger partial charge in [0.25, 0.3) is 5.91 Å². The Morgan fingerprint density at radius 2 is 1.83 bits per heavy atom. The molecule has 2 heterocycles. The largest absolute Gasteiger partial charge is 0.361 e. The molecule has 0 saturated heterocycles. The van der Waals surface area contributed by atoms with Crippen molar-refractivity contribution in [1.82, 2.24) is 15.5 Å². The Morgan fingerprint density at radius 1 is 1.09 bits per heavy atom. The number of benzene rings is 1. The van der Waals surface area contributed by atoms with Crippen LogP contribution in [0, 0.1) is 13.8 Å². The first kappa shape index (κ1) is 15.0. The minimum atomic E-state index is -0.335. The second-order valence-corrected chi connectivity index (χ2v) is 5.27. The second-order valence-electron chi connectivity index (χ2n) is 5.27. The number of hydrogen-bond donors (Lipinski definition) is 1. The number of nitrogens with zero attached hydrogens (tertiary/aromatic N) is 2. The summed E-state index contributed by atoms with van der Waals surface area (Å²) in [6, 6.07) is 15.1. The molecule has 0 spiro atoms. The fourth-order valence-corrected chi connectivity index (χ4v) is 2.53. The maximum atomic E-state index is 12.7. The Labute approximate surface area is 134 Å². The zero-order chi connectivity index (χ0) is 16.2. The molecule has 1 N–H and O–H groups in total. The number of hydrogen-bond acceptors (Lipinski definition) is 4. The minimum absolute atomic E-state index is 0.222. The maximum Gasteiger partial charge on any atom is 0.257 e. The van der Waals surface area contributed by atoms with Gasteiger partial charge < -0.3 is 9.84 Å². The first-order valence-corrected chi connectivity index (χ1v) is 7.36. The molecule has 5 heteroatoms. The molecular weight excluding hydrogens is 290 g/mol. The van der Waals surface area contributed by atoms with Gasteiger partial charge in [-0.25, -0.2) is 0 Å². The molecule has 1 atom stereocenters. The number of nitrogens with one attached hydrogen (secondary N) is 1. The van der Waals surface area contributed by atoms with Crippen LogP contribution in [0.5, 0.6) is 0 Å². The highest BCUT2D eigenvalue weighted by Crippen LogP contribution is 2.22. The fraction of sp³-hybridized carbons (Fsp3) is 0.167. The van der Waals surface area contributed by atoms with E-state index in [1.165, 1.54) is 0 Å². The van der Waals surface area contributed by atoms with Crippen LogP contribution in [0.25, 0.3) is 0 Å². The van der Waals surface area contributed by atoms with Crippen molar-refractivity contribution in [2.75, 3.05) is 0 Å². The summed E-state index contributed by atoms with van der Waals surface area (Å²) >= 11 is 0. The van der Waals surface area contributed by atoms with Crippen LogP contribution in [0.15, 0.2) is 59.3 Å². The van der Waals surface area contributed by atoms with E-state index in [-0.39, 0.29) is 11.9 Å².